The summed E-state index contributed by atoms with van der Waals surface area (Å²) >= 11 is 0. The molecule has 0 aliphatic rings. The molecule has 0 fully saturated rings. The average Bonchev–Trinajstić information content (AvgIpc) is 2.20. The predicted molar refractivity (Wildman–Crippen MR) is 60.5 cm³/mol. The largest absolute Gasteiger partial charge is 0.489 e. The van der Waals surface area contributed by atoms with Gasteiger partial charge in [-0.05, 0) is 31.0 Å². The van der Waals surface area contributed by atoms with Crippen LogP contribution in [0, 0.1) is 17.2 Å². The van der Waals surface area contributed by atoms with Crippen LogP contribution in [0.2, 0.25) is 0 Å². The van der Waals surface area contributed by atoms with Crippen LogP contribution in [0.15, 0.2) is 18.2 Å². The standard InChI is InChI=1S/C12H16N2O/c1-8(2)9(3)15-12-5-4-11(14)6-10(12)7-13/h4-6,8-9H,14H2,1-3H3. The van der Waals surface area contributed by atoms with Crippen LogP contribution in [0.25, 0.3) is 0 Å². The molecular weight excluding hydrogens is 188 g/mol. The first-order valence-electron chi connectivity index (χ1n) is 5.01. The Hall–Kier alpha value is -1.69. The van der Waals surface area contributed by atoms with Gasteiger partial charge in [-0.15, -0.1) is 0 Å². The number of ether oxygens (including phenoxy) is 1. The van der Waals surface area contributed by atoms with E-state index in [-0.39, 0.29) is 6.10 Å². The average molecular weight is 204 g/mol. The quantitative estimate of drug-likeness (QED) is 0.770. The molecule has 0 aromatic heterocycles. The number of hydrogen-bond acceptors (Lipinski definition) is 3. The van der Waals surface area contributed by atoms with Gasteiger partial charge in [-0.3, -0.25) is 0 Å². The third kappa shape index (κ3) is 2.88. The lowest BCUT2D eigenvalue weighted by Crippen LogP contribution is -2.19. The zero-order valence-electron chi connectivity index (χ0n) is 9.32. The lowest BCUT2D eigenvalue weighted by molar-refractivity contribution is 0.170. The Morgan fingerprint density at radius 3 is 2.53 bits per heavy atom. The summed E-state index contributed by atoms with van der Waals surface area (Å²) in [5.41, 5.74) is 6.66. The monoisotopic (exact) mass is 204 g/mol. The van der Waals surface area contributed by atoms with E-state index in [0.717, 1.165) is 0 Å². The van der Waals surface area contributed by atoms with Crippen LogP contribution in [0.4, 0.5) is 5.69 Å². The Morgan fingerprint density at radius 2 is 2.00 bits per heavy atom. The summed E-state index contributed by atoms with van der Waals surface area (Å²) < 4.78 is 5.67. The summed E-state index contributed by atoms with van der Waals surface area (Å²) in [7, 11) is 0. The molecule has 0 spiro atoms. The molecule has 2 N–H and O–H groups in total. The maximum atomic E-state index is 8.91. The van der Waals surface area contributed by atoms with Crippen LogP contribution in [0.3, 0.4) is 0 Å². The van der Waals surface area contributed by atoms with E-state index in [2.05, 4.69) is 19.9 Å². The summed E-state index contributed by atoms with van der Waals surface area (Å²) in [6.07, 6.45) is 0.0840. The highest BCUT2D eigenvalue weighted by molar-refractivity contribution is 5.53. The van der Waals surface area contributed by atoms with Gasteiger partial charge in [-0.2, -0.15) is 5.26 Å². The van der Waals surface area contributed by atoms with Gasteiger partial charge in [0.15, 0.2) is 0 Å². The van der Waals surface area contributed by atoms with Gasteiger partial charge < -0.3 is 10.5 Å². The molecule has 15 heavy (non-hydrogen) atoms. The van der Waals surface area contributed by atoms with Crippen molar-refractivity contribution in [2.24, 2.45) is 5.92 Å². The summed E-state index contributed by atoms with van der Waals surface area (Å²) in [5.74, 6) is 1.02. The summed E-state index contributed by atoms with van der Waals surface area (Å²) in [6.45, 7) is 6.14. The van der Waals surface area contributed by atoms with Gasteiger partial charge in [0, 0.05) is 5.69 Å². The van der Waals surface area contributed by atoms with E-state index >= 15 is 0 Å². The molecule has 3 heteroatoms. The first-order chi connectivity index (χ1) is 7.04. The number of nitriles is 1. The number of nitrogens with zero attached hydrogens (tertiary/aromatic N) is 1. The number of hydrogen-bond donors (Lipinski definition) is 1. The third-order valence-corrected chi connectivity index (χ3v) is 2.38. The van der Waals surface area contributed by atoms with E-state index in [9.17, 15) is 0 Å². The molecule has 80 valence electrons. The van der Waals surface area contributed by atoms with Gasteiger partial charge in [0.1, 0.15) is 11.8 Å². The first-order valence-corrected chi connectivity index (χ1v) is 5.01. The van der Waals surface area contributed by atoms with E-state index < -0.39 is 0 Å². The SMILES string of the molecule is CC(C)C(C)Oc1ccc(N)cc1C#N. The van der Waals surface area contributed by atoms with Crippen molar-refractivity contribution < 1.29 is 4.74 Å². The lowest BCUT2D eigenvalue weighted by atomic mass is 10.1. The Bertz CT molecular complexity index is 380. The second-order valence-electron chi connectivity index (χ2n) is 3.93. The predicted octanol–water partition coefficient (Wildman–Crippen LogP) is 2.56. The topological polar surface area (TPSA) is 59.0 Å². The molecule has 0 aliphatic carbocycles. The highest BCUT2D eigenvalue weighted by atomic mass is 16.5. The van der Waals surface area contributed by atoms with Gasteiger partial charge in [0.05, 0.1) is 11.7 Å². The molecule has 0 heterocycles. The van der Waals surface area contributed by atoms with Gasteiger partial charge in [0.2, 0.25) is 0 Å². The summed E-state index contributed by atoms with van der Waals surface area (Å²) in [4.78, 5) is 0. The fraction of sp³-hybridized carbons (Fsp3) is 0.417. The van der Waals surface area contributed by atoms with Crippen molar-refractivity contribution in [2.45, 2.75) is 26.9 Å². The van der Waals surface area contributed by atoms with Gasteiger partial charge in [0.25, 0.3) is 0 Å². The van der Waals surface area contributed by atoms with Crippen LogP contribution in [0.1, 0.15) is 26.3 Å². The zero-order valence-corrected chi connectivity index (χ0v) is 9.32. The molecule has 1 aromatic carbocycles. The van der Waals surface area contributed by atoms with Crippen LogP contribution >= 0.6 is 0 Å². The molecule has 1 unspecified atom stereocenters. The smallest absolute Gasteiger partial charge is 0.137 e. The molecule has 1 aromatic rings. The maximum Gasteiger partial charge on any atom is 0.137 e. The van der Waals surface area contributed by atoms with Crippen molar-refractivity contribution in [2.75, 3.05) is 5.73 Å². The Morgan fingerprint density at radius 1 is 1.33 bits per heavy atom. The second kappa shape index (κ2) is 4.70. The fourth-order valence-corrected chi connectivity index (χ4v) is 1.07. The molecule has 0 radical (unpaired) electrons. The highest BCUT2D eigenvalue weighted by Crippen LogP contribution is 2.23. The lowest BCUT2D eigenvalue weighted by Gasteiger charge is -2.18. The van der Waals surface area contributed by atoms with Crippen molar-refractivity contribution in [1.29, 1.82) is 5.26 Å². The van der Waals surface area contributed by atoms with Crippen LogP contribution in [0.5, 0.6) is 5.75 Å². The number of nitrogens with two attached hydrogens (primary N) is 1. The minimum atomic E-state index is 0.0840. The van der Waals surface area contributed by atoms with E-state index in [4.69, 9.17) is 15.7 Å². The van der Waals surface area contributed by atoms with E-state index in [1.165, 1.54) is 0 Å². The molecule has 1 rings (SSSR count). The Labute approximate surface area is 90.5 Å². The van der Waals surface area contributed by atoms with E-state index in [0.29, 0.717) is 22.9 Å². The fourth-order valence-electron chi connectivity index (χ4n) is 1.07. The molecule has 3 nitrogen and oxygen atoms in total. The first kappa shape index (κ1) is 11.4. The number of nitrogen functional groups attached to an aromatic ring is 1. The molecule has 0 aliphatic heterocycles. The Kier molecular flexibility index (Phi) is 3.56. The van der Waals surface area contributed by atoms with Crippen LogP contribution in [-0.2, 0) is 0 Å². The molecular formula is C12H16N2O. The van der Waals surface area contributed by atoms with E-state index in [1.807, 2.05) is 6.92 Å². The number of anilines is 1. The number of benzene rings is 1. The molecule has 0 amide bonds. The molecule has 0 saturated heterocycles. The van der Waals surface area contributed by atoms with Crippen LogP contribution in [-0.4, -0.2) is 6.10 Å². The van der Waals surface area contributed by atoms with Crippen molar-refractivity contribution in [3.8, 4) is 11.8 Å². The minimum absolute atomic E-state index is 0.0840. The van der Waals surface area contributed by atoms with Crippen molar-refractivity contribution in [3.05, 3.63) is 23.8 Å². The minimum Gasteiger partial charge on any atom is -0.489 e. The third-order valence-electron chi connectivity index (χ3n) is 2.38. The molecule has 0 bridgehead atoms. The molecule has 0 saturated carbocycles. The van der Waals surface area contributed by atoms with Gasteiger partial charge in [-0.1, -0.05) is 13.8 Å². The zero-order chi connectivity index (χ0) is 11.4. The maximum absolute atomic E-state index is 8.91. The number of rotatable bonds is 3. The summed E-state index contributed by atoms with van der Waals surface area (Å²) in [6, 6.07) is 7.19. The van der Waals surface area contributed by atoms with Gasteiger partial charge in [-0.25, -0.2) is 0 Å². The molecule has 1 atom stereocenters. The summed E-state index contributed by atoms with van der Waals surface area (Å²) in [5, 5.41) is 8.91. The second-order valence-corrected chi connectivity index (χ2v) is 3.93. The Balaban J connectivity index is 2.91. The highest BCUT2D eigenvalue weighted by Gasteiger charge is 2.11. The van der Waals surface area contributed by atoms with Crippen LogP contribution < -0.4 is 10.5 Å². The van der Waals surface area contributed by atoms with E-state index in [1.54, 1.807) is 18.2 Å². The van der Waals surface area contributed by atoms with Crippen molar-refractivity contribution in [3.63, 3.8) is 0 Å². The van der Waals surface area contributed by atoms with Gasteiger partial charge >= 0.3 is 0 Å². The normalized spacial score (nSPS) is 12.2. The van der Waals surface area contributed by atoms with Crippen molar-refractivity contribution in [1.82, 2.24) is 0 Å². The van der Waals surface area contributed by atoms with Crippen molar-refractivity contribution >= 4 is 5.69 Å².